The number of hydrogen-bond donors (Lipinski definition) is 3. The molecule has 0 fully saturated rings. The first kappa shape index (κ1) is 15.5. The van der Waals surface area contributed by atoms with Crippen LogP contribution in [0.15, 0.2) is 42.5 Å². The second kappa shape index (κ2) is 6.37. The summed E-state index contributed by atoms with van der Waals surface area (Å²) in [4.78, 5) is 23.1. The van der Waals surface area contributed by atoms with E-state index >= 15 is 0 Å². The van der Waals surface area contributed by atoms with Gasteiger partial charge in [-0.25, -0.2) is 9.48 Å². The third-order valence-corrected chi connectivity index (χ3v) is 3.49. The Kier molecular flexibility index (Phi) is 4.11. The molecule has 0 aliphatic heterocycles. The fourth-order valence-corrected chi connectivity index (χ4v) is 2.33. The van der Waals surface area contributed by atoms with Crippen LogP contribution in [0.3, 0.4) is 0 Å². The molecule has 0 radical (unpaired) electrons. The lowest BCUT2D eigenvalue weighted by atomic mass is 10.1. The maximum absolute atomic E-state index is 12.3. The van der Waals surface area contributed by atoms with Crippen molar-refractivity contribution in [2.45, 2.75) is 13.5 Å². The van der Waals surface area contributed by atoms with Gasteiger partial charge in [0.25, 0.3) is 5.91 Å². The van der Waals surface area contributed by atoms with Crippen LogP contribution >= 0.6 is 0 Å². The predicted octanol–water partition coefficient (Wildman–Crippen LogP) is 2.19. The highest BCUT2D eigenvalue weighted by atomic mass is 16.2. The summed E-state index contributed by atoms with van der Waals surface area (Å²) >= 11 is 0. The summed E-state index contributed by atoms with van der Waals surface area (Å²) in [6.45, 7) is 2.69. The lowest BCUT2D eigenvalue weighted by Gasteiger charge is -2.07. The molecule has 8 nitrogen and oxygen atoms in total. The topological polar surface area (TPSA) is 115 Å². The van der Waals surface area contributed by atoms with Gasteiger partial charge in [0.1, 0.15) is 5.52 Å². The molecule has 122 valence electrons. The number of nitrogens with zero attached hydrogens (tertiary/aromatic N) is 3. The van der Waals surface area contributed by atoms with Gasteiger partial charge in [0.2, 0.25) is 0 Å². The number of aromatic nitrogens is 3. The van der Waals surface area contributed by atoms with E-state index in [-0.39, 0.29) is 5.91 Å². The Balaban J connectivity index is 1.75. The van der Waals surface area contributed by atoms with E-state index in [9.17, 15) is 9.59 Å². The van der Waals surface area contributed by atoms with Crippen molar-refractivity contribution in [3.05, 3.63) is 48.0 Å². The Morgan fingerprint density at radius 1 is 1.08 bits per heavy atom. The van der Waals surface area contributed by atoms with Gasteiger partial charge in [0.15, 0.2) is 0 Å². The van der Waals surface area contributed by atoms with Gasteiger partial charge in [-0.1, -0.05) is 5.21 Å². The van der Waals surface area contributed by atoms with Crippen molar-refractivity contribution < 1.29 is 9.59 Å². The Morgan fingerprint density at radius 3 is 2.38 bits per heavy atom. The molecule has 0 aliphatic carbocycles. The van der Waals surface area contributed by atoms with Crippen LogP contribution in [0.1, 0.15) is 17.3 Å². The van der Waals surface area contributed by atoms with E-state index in [0.29, 0.717) is 29.0 Å². The van der Waals surface area contributed by atoms with E-state index in [2.05, 4.69) is 20.9 Å². The molecule has 8 heteroatoms. The number of nitrogens with one attached hydrogen (secondary N) is 2. The minimum Gasteiger partial charge on any atom is -0.351 e. The third-order valence-electron chi connectivity index (χ3n) is 3.49. The first-order valence-corrected chi connectivity index (χ1v) is 7.38. The van der Waals surface area contributed by atoms with Crippen molar-refractivity contribution in [2.75, 3.05) is 10.6 Å². The summed E-state index contributed by atoms with van der Waals surface area (Å²) in [6, 6.07) is 11.3. The van der Waals surface area contributed by atoms with Crippen molar-refractivity contribution in [1.82, 2.24) is 15.0 Å². The molecular weight excluding hydrogens is 308 g/mol. The van der Waals surface area contributed by atoms with Crippen molar-refractivity contribution in [3.8, 4) is 0 Å². The molecule has 0 spiro atoms. The number of fused-ring (bicyclic) bond motifs is 1. The van der Waals surface area contributed by atoms with Crippen molar-refractivity contribution in [1.29, 1.82) is 0 Å². The smallest absolute Gasteiger partial charge is 0.316 e. The van der Waals surface area contributed by atoms with Crippen molar-refractivity contribution in [3.63, 3.8) is 0 Å². The summed E-state index contributed by atoms with van der Waals surface area (Å²) in [7, 11) is 0. The van der Waals surface area contributed by atoms with Crippen molar-refractivity contribution >= 4 is 34.3 Å². The van der Waals surface area contributed by atoms with Crippen molar-refractivity contribution in [2.24, 2.45) is 5.73 Å². The highest BCUT2D eigenvalue weighted by Crippen LogP contribution is 2.17. The quantitative estimate of drug-likeness (QED) is 0.682. The van der Waals surface area contributed by atoms with Crippen LogP contribution in [-0.4, -0.2) is 26.9 Å². The predicted molar refractivity (Wildman–Crippen MR) is 90.8 cm³/mol. The number of urea groups is 1. The number of benzene rings is 2. The molecule has 0 bridgehead atoms. The number of primary amides is 1. The minimum atomic E-state index is -0.639. The average molecular weight is 324 g/mol. The molecule has 0 unspecified atom stereocenters. The van der Waals surface area contributed by atoms with Gasteiger partial charge >= 0.3 is 6.03 Å². The van der Waals surface area contributed by atoms with E-state index in [1.807, 2.05) is 13.0 Å². The zero-order chi connectivity index (χ0) is 17.1. The van der Waals surface area contributed by atoms with Crippen LogP contribution in [-0.2, 0) is 6.54 Å². The zero-order valence-electron chi connectivity index (χ0n) is 13.0. The van der Waals surface area contributed by atoms with Gasteiger partial charge in [-0.3, -0.25) is 4.79 Å². The lowest BCUT2D eigenvalue weighted by Crippen LogP contribution is -2.19. The van der Waals surface area contributed by atoms with Crippen LogP contribution in [0.5, 0.6) is 0 Å². The number of carbonyl (C=O) groups is 2. The van der Waals surface area contributed by atoms with E-state index in [0.717, 1.165) is 5.52 Å². The molecule has 24 heavy (non-hydrogen) atoms. The maximum Gasteiger partial charge on any atom is 0.316 e. The van der Waals surface area contributed by atoms with Gasteiger partial charge in [0.05, 0.1) is 5.52 Å². The maximum atomic E-state index is 12.3. The monoisotopic (exact) mass is 324 g/mol. The molecule has 0 saturated carbocycles. The summed E-state index contributed by atoms with van der Waals surface area (Å²) < 4.78 is 1.77. The number of aryl methyl sites for hydroxylation is 1. The fraction of sp³-hybridized carbons (Fsp3) is 0.125. The van der Waals surface area contributed by atoms with Crippen LogP contribution in [0.4, 0.5) is 16.2 Å². The van der Waals surface area contributed by atoms with Gasteiger partial charge in [-0.05, 0) is 49.4 Å². The average Bonchev–Trinajstić information content (AvgIpc) is 2.98. The Labute approximate surface area is 137 Å². The van der Waals surface area contributed by atoms with Crippen LogP contribution in [0.25, 0.3) is 11.0 Å². The Hall–Kier alpha value is -3.42. The van der Waals surface area contributed by atoms with E-state index < -0.39 is 6.03 Å². The van der Waals surface area contributed by atoms with E-state index in [1.165, 1.54) is 0 Å². The second-order valence-corrected chi connectivity index (χ2v) is 5.13. The summed E-state index contributed by atoms with van der Waals surface area (Å²) in [5.74, 6) is -0.251. The van der Waals surface area contributed by atoms with Crippen LogP contribution in [0.2, 0.25) is 0 Å². The fourth-order valence-electron chi connectivity index (χ4n) is 2.33. The second-order valence-electron chi connectivity index (χ2n) is 5.13. The zero-order valence-corrected chi connectivity index (χ0v) is 13.0. The first-order valence-electron chi connectivity index (χ1n) is 7.38. The lowest BCUT2D eigenvalue weighted by molar-refractivity contribution is 0.102. The molecule has 0 saturated heterocycles. The normalized spacial score (nSPS) is 10.5. The molecular formula is C16H16N6O2. The Bertz CT molecular complexity index is 901. The molecule has 1 heterocycles. The summed E-state index contributed by atoms with van der Waals surface area (Å²) in [6.07, 6.45) is 0. The number of carbonyl (C=O) groups excluding carboxylic acids is 2. The van der Waals surface area contributed by atoms with Gasteiger partial charge in [-0.2, -0.15) is 0 Å². The highest BCUT2D eigenvalue weighted by Gasteiger charge is 2.10. The molecule has 3 aromatic rings. The standard InChI is InChI=1S/C16H16N6O2/c1-2-22-14-8-3-10(9-13(14)20-21-22)15(23)18-11-4-6-12(7-5-11)19-16(17)24/h3-9H,2H2,1H3,(H,18,23)(H3,17,19,24). The third kappa shape index (κ3) is 3.17. The highest BCUT2D eigenvalue weighted by molar-refractivity contribution is 6.06. The number of anilines is 2. The minimum absolute atomic E-state index is 0.251. The molecule has 3 rings (SSSR count). The summed E-state index contributed by atoms with van der Waals surface area (Å²) in [5, 5.41) is 13.3. The molecule has 3 amide bonds. The van der Waals surface area contributed by atoms with Crippen LogP contribution < -0.4 is 16.4 Å². The molecule has 0 atom stereocenters. The number of hydrogen-bond acceptors (Lipinski definition) is 4. The molecule has 0 aliphatic rings. The molecule has 4 N–H and O–H groups in total. The van der Waals surface area contributed by atoms with Gasteiger partial charge < -0.3 is 16.4 Å². The summed E-state index contributed by atoms with van der Waals surface area (Å²) in [5.41, 5.74) is 8.25. The van der Waals surface area contributed by atoms with E-state index in [4.69, 9.17) is 5.73 Å². The van der Waals surface area contributed by atoms with E-state index in [1.54, 1.807) is 41.1 Å². The number of rotatable bonds is 4. The molecule has 1 aromatic heterocycles. The van der Waals surface area contributed by atoms with Crippen LogP contribution in [0, 0.1) is 0 Å². The SMILES string of the molecule is CCn1nnc2cc(C(=O)Nc3ccc(NC(N)=O)cc3)ccc21. The largest absolute Gasteiger partial charge is 0.351 e. The number of amides is 3. The Morgan fingerprint density at radius 2 is 1.75 bits per heavy atom. The molecule has 2 aromatic carbocycles. The van der Waals surface area contributed by atoms with Gasteiger partial charge in [-0.15, -0.1) is 5.10 Å². The van der Waals surface area contributed by atoms with Gasteiger partial charge in [0, 0.05) is 23.5 Å². The first-order chi connectivity index (χ1) is 11.6. The number of nitrogens with two attached hydrogens (primary N) is 1.